The zero-order valence-corrected chi connectivity index (χ0v) is 20.1. The number of rotatable bonds is 7. The Balaban J connectivity index is 0.000000451. The maximum atomic E-state index is 9.60. The van der Waals surface area contributed by atoms with Crippen LogP contribution >= 0.6 is 11.6 Å². The molecule has 0 spiro atoms. The number of pyridine rings is 1. The molecule has 0 aliphatic carbocycles. The summed E-state index contributed by atoms with van der Waals surface area (Å²) in [5, 5.41) is 0.513. The highest BCUT2D eigenvalue weighted by atomic mass is 35.5. The van der Waals surface area contributed by atoms with Crippen LogP contribution in [-0.4, -0.2) is 55.8 Å². The molecule has 0 saturated heterocycles. The van der Waals surface area contributed by atoms with Crippen LogP contribution in [0.4, 0.5) is 5.69 Å². The van der Waals surface area contributed by atoms with E-state index in [9.17, 15) is 4.79 Å². The van der Waals surface area contributed by atoms with E-state index in [0.29, 0.717) is 29.5 Å². The molecule has 0 saturated carbocycles. The number of carbonyl (C=O) groups excluding carboxylic acids is 1. The minimum Gasteiger partial charge on any atom is -0.496 e. The van der Waals surface area contributed by atoms with E-state index < -0.39 is 0 Å². The van der Waals surface area contributed by atoms with E-state index in [4.69, 9.17) is 31.8 Å². The second-order valence-corrected chi connectivity index (χ2v) is 8.41. The van der Waals surface area contributed by atoms with Gasteiger partial charge >= 0.3 is 0 Å². The van der Waals surface area contributed by atoms with Crippen LogP contribution < -0.4 is 20.1 Å². The van der Waals surface area contributed by atoms with Crippen molar-refractivity contribution in [3.63, 3.8) is 0 Å². The molecule has 2 N–H and O–H groups in total. The lowest BCUT2D eigenvalue weighted by Gasteiger charge is -2.17. The van der Waals surface area contributed by atoms with E-state index in [2.05, 4.69) is 9.64 Å². The Labute approximate surface area is 193 Å². The van der Waals surface area contributed by atoms with Gasteiger partial charge < -0.3 is 29.2 Å². The molecule has 174 valence electrons. The monoisotopic (exact) mass is 462 g/mol. The molecule has 3 rings (SSSR count). The highest BCUT2D eigenvalue weighted by molar-refractivity contribution is 6.32. The van der Waals surface area contributed by atoms with Crippen molar-refractivity contribution < 1.29 is 19.0 Å². The van der Waals surface area contributed by atoms with E-state index in [-0.39, 0.29) is 5.60 Å². The minimum absolute atomic E-state index is 0.318. The summed E-state index contributed by atoms with van der Waals surface area (Å²) in [5.74, 6) is 1.22. The molecule has 3 aromatic rings. The predicted octanol–water partition coefficient (Wildman–Crippen LogP) is 4.02. The lowest BCUT2D eigenvalue weighted by molar-refractivity contribution is -0.138. The number of halogens is 1. The van der Waals surface area contributed by atoms with E-state index >= 15 is 0 Å². The summed E-state index contributed by atoms with van der Waals surface area (Å²) in [6.45, 7) is 7.30. The van der Waals surface area contributed by atoms with Crippen molar-refractivity contribution >= 4 is 29.4 Å². The molecule has 0 aliphatic rings. The molecule has 0 atom stereocenters. The summed E-state index contributed by atoms with van der Waals surface area (Å²) in [4.78, 5) is 16.4. The first-order valence-corrected chi connectivity index (χ1v) is 10.4. The SMILES string of the molecule is CC(C)(C)OC=O.COc1cc(OC)c(-c2cn3ccc(N(C)CCN)cc3n2)cc1Cl. The fraction of sp³-hybridized carbons (Fsp3) is 0.391. The van der Waals surface area contributed by atoms with Gasteiger partial charge in [0.2, 0.25) is 0 Å². The molecule has 9 heteroatoms. The number of likely N-dealkylation sites (N-methyl/N-ethyl adjacent to an activating group) is 1. The number of carbonyl (C=O) groups is 1. The summed E-state index contributed by atoms with van der Waals surface area (Å²) >= 11 is 6.27. The van der Waals surface area contributed by atoms with Gasteiger partial charge in [-0.15, -0.1) is 0 Å². The Bertz CT molecular complexity index is 1050. The number of fused-ring (bicyclic) bond motifs is 1. The predicted molar refractivity (Wildman–Crippen MR) is 128 cm³/mol. The second-order valence-electron chi connectivity index (χ2n) is 8.00. The minimum atomic E-state index is -0.318. The number of imidazole rings is 1. The van der Waals surface area contributed by atoms with Crippen LogP contribution in [-0.2, 0) is 9.53 Å². The van der Waals surface area contributed by atoms with Crippen LogP contribution in [0.2, 0.25) is 5.02 Å². The number of methoxy groups -OCH3 is 2. The zero-order valence-electron chi connectivity index (χ0n) is 19.4. The number of ether oxygens (including phenoxy) is 3. The first kappa shape index (κ1) is 25.3. The number of aromatic nitrogens is 2. The molecule has 2 heterocycles. The van der Waals surface area contributed by atoms with Crippen LogP contribution in [0.15, 0.2) is 36.7 Å². The fourth-order valence-corrected chi connectivity index (χ4v) is 3.11. The Kier molecular flexibility index (Phi) is 8.74. The van der Waals surface area contributed by atoms with Crippen LogP contribution in [0.5, 0.6) is 11.5 Å². The van der Waals surface area contributed by atoms with Crippen molar-refractivity contribution in [3.8, 4) is 22.8 Å². The largest absolute Gasteiger partial charge is 0.496 e. The molecule has 0 bridgehead atoms. The van der Waals surface area contributed by atoms with Crippen molar-refractivity contribution in [3.05, 3.63) is 41.7 Å². The van der Waals surface area contributed by atoms with Gasteiger partial charge in [-0.2, -0.15) is 0 Å². The summed E-state index contributed by atoms with van der Waals surface area (Å²) in [6, 6.07) is 7.63. The third-order valence-corrected chi connectivity index (χ3v) is 4.80. The first-order chi connectivity index (χ1) is 15.1. The number of hydrogen-bond donors (Lipinski definition) is 1. The molecule has 0 unspecified atom stereocenters. The lowest BCUT2D eigenvalue weighted by atomic mass is 10.1. The number of nitrogens with zero attached hydrogens (tertiary/aromatic N) is 3. The Morgan fingerprint density at radius 3 is 2.41 bits per heavy atom. The van der Waals surface area contributed by atoms with Crippen molar-refractivity contribution in [1.82, 2.24) is 9.38 Å². The van der Waals surface area contributed by atoms with Crippen molar-refractivity contribution in [1.29, 1.82) is 0 Å². The van der Waals surface area contributed by atoms with E-state index in [1.807, 2.05) is 62.8 Å². The normalized spacial score (nSPS) is 10.9. The quantitative estimate of drug-likeness (QED) is 0.530. The molecular formula is C23H31ClN4O4. The molecule has 8 nitrogen and oxygen atoms in total. The maximum Gasteiger partial charge on any atom is 0.293 e. The van der Waals surface area contributed by atoms with Gasteiger partial charge in [0, 0.05) is 55.9 Å². The fourth-order valence-electron chi connectivity index (χ4n) is 2.87. The van der Waals surface area contributed by atoms with Gasteiger partial charge in [0.15, 0.2) is 0 Å². The van der Waals surface area contributed by atoms with E-state index in [1.54, 1.807) is 20.3 Å². The Hall–Kier alpha value is -2.97. The molecule has 0 amide bonds. The average molecular weight is 463 g/mol. The molecule has 2 aromatic heterocycles. The van der Waals surface area contributed by atoms with Crippen molar-refractivity contribution in [2.75, 3.05) is 39.3 Å². The molecule has 32 heavy (non-hydrogen) atoms. The number of nitrogens with two attached hydrogens (primary N) is 1. The second kappa shape index (κ2) is 11.1. The van der Waals surface area contributed by atoms with Crippen molar-refractivity contribution in [2.24, 2.45) is 5.73 Å². The van der Waals surface area contributed by atoms with Crippen LogP contribution in [0.3, 0.4) is 0 Å². The average Bonchev–Trinajstić information content (AvgIpc) is 3.16. The van der Waals surface area contributed by atoms with Crippen LogP contribution in [0.1, 0.15) is 20.8 Å². The smallest absolute Gasteiger partial charge is 0.293 e. The molecule has 1 aromatic carbocycles. The standard InChI is InChI=1S/C18H21ClN4O2.C5H10O2/c1-22(7-5-20)12-4-6-23-11-15(21-18(23)8-12)13-9-14(19)17(25-3)10-16(13)24-2;1-5(2,3)7-4-6/h4,6,8-11H,5,7,20H2,1-3H3;4H,1-3H3. The van der Waals surface area contributed by atoms with Crippen LogP contribution in [0, 0.1) is 0 Å². The van der Waals surface area contributed by atoms with E-state index in [1.165, 1.54) is 0 Å². The third-order valence-electron chi connectivity index (χ3n) is 4.50. The highest BCUT2D eigenvalue weighted by Gasteiger charge is 2.15. The highest BCUT2D eigenvalue weighted by Crippen LogP contribution is 2.38. The van der Waals surface area contributed by atoms with Crippen molar-refractivity contribution in [2.45, 2.75) is 26.4 Å². The summed E-state index contributed by atoms with van der Waals surface area (Å²) in [7, 11) is 5.20. The topological polar surface area (TPSA) is 91.3 Å². The number of benzene rings is 1. The summed E-state index contributed by atoms with van der Waals surface area (Å²) in [5.41, 5.74) is 8.81. The van der Waals surface area contributed by atoms with Gasteiger partial charge in [-0.1, -0.05) is 11.6 Å². The Morgan fingerprint density at radius 2 is 1.88 bits per heavy atom. The first-order valence-electron chi connectivity index (χ1n) is 10.1. The molecule has 0 aliphatic heterocycles. The van der Waals surface area contributed by atoms with E-state index in [0.717, 1.165) is 29.1 Å². The van der Waals surface area contributed by atoms with Gasteiger partial charge in [0.05, 0.1) is 24.9 Å². The van der Waals surface area contributed by atoms with Crippen LogP contribution in [0.25, 0.3) is 16.9 Å². The van der Waals surface area contributed by atoms with Gasteiger partial charge in [-0.05, 0) is 32.9 Å². The number of hydrogen-bond acceptors (Lipinski definition) is 7. The number of anilines is 1. The van der Waals surface area contributed by atoms with Gasteiger partial charge in [-0.3, -0.25) is 4.79 Å². The lowest BCUT2D eigenvalue weighted by Crippen LogP contribution is -2.24. The van der Waals surface area contributed by atoms with Gasteiger partial charge in [0.1, 0.15) is 22.7 Å². The molecule has 0 radical (unpaired) electrons. The third kappa shape index (κ3) is 6.51. The Morgan fingerprint density at radius 1 is 1.19 bits per heavy atom. The molecular weight excluding hydrogens is 432 g/mol. The maximum absolute atomic E-state index is 9.60. The summed E-state index contributed by atoms with van der Waals surface area (Å²) in [6.07, 6.45) is 3.93. The molecule has 0 fully saturated rings. The zero-order chi connectivity index (χ0) is 23.9. The van der Waals surface area contributed by atoms with Gasteiger partial charge in [-0.25, -0.2) is 4.98 Å². The van der Waals surface area contributed by atoms with Gasteiger partial charge in [0.25, 0.3) is 6.47 Å². The summed E-state index contributed by atoms with van der Waals surface area (Å²) < 4.78 is 17.2.